The third-order valence-corrected chi connectivity index (χ3v) is 4.03. The summed E-state index contributed by atoms with van der Waals surface area (Å²) >= 11 is 0. The standard InChI is InChI=1S/C14H21N3O4S/c1-3-14(18)17-8-6-12(7-9-17)21-13-5-4-11(10-15-13)16-22(2,19)20/h4-5,10,12,16H,3,6-9H2,1-2H3. The quantitative estimate of drug-likeness (QED) is 0.879. The lowest BCUT2D eigenvalue weighted by Gasteiger charge is -2.31. The van der Waals surface area contributed by atoms with Gasteiger partial charge in [0.2, 0.25) is 21.8 Å². The van der Waals surface area contributed by atoms with Gasteiger partial charge in [-0.1, -0.05) is 6.92 Å². The minimum Gasteiger partial charge on any atom is -0.474 e. The Balaban J connectivity index is 1.86. The third kappa shape index (κ3) is 4.87. The molecule has 2 heterocycles. The summed E-state index contributed by atoms with van der Waals surface area (Å²) < 4.78 is 30.3. The maximum Gasteiger partial charge on any atom is 0.229 e. The molecule has 2 rings (SSSR count). The van der Waals surface area contributed by atoms with Gasteiger partial charge in [-0.05, 0) is 6.07 Å². The molecule has 22 heavy (non-hydrogen) atoms. The van der Waals surface area contributed by atoms with Crippen molar-refractivity contribution in [3.63, 3.8) is 0 Å². The number of sulfonamides is 1. The van der Waals surface area contributed by atoms with Crippen LogP contribution in [0.2, 0.25) is 0 Å². The molecule has 7 nitrogen and oxygen atoms in total. The van der Waals surface area contributed by atoms with Crippen molar-refractivity contribution < 1.29 is 17.9 Å². The number of likely N-dealkylation sites (tertiary alicyclic amines) is 1. The highest BCUT2D eigenvalue weighted by Gasteiger charge is 2.23. The van der Waals surface area contributed by atoms with Gasteiger partial charge >= 0.3 is 0 Å². The zero-order valence-corrected chi connectivity index (χ0v) is 13.6. The van der Waals surface area contributed by atoms with E-state index in [1.54, 1.807) is 12.1 Å². The number of rotatable bonds is 5. The predicted molar refractivity (Wildman–Crippen MR) is 83.2 cm³/mol. The highest BCUT2D eigenvalue weighted by Crippen LogP contribution is 2.19. The number of nitrogens with zero attached hydrogens (tertiary/aromatic N) is 2. The van der Waals surface area contributed by atoms with E-state index in [0.29, 0.717) is 31.1 Å². The van der Waals surface area contributed by atoms with Gasteiger partial charge in [-0.25, -0.2) is 13.4 Å². The number of pyridine rings is 1. The Morgan fingerprint density at radius 3 is 2.59 bits per heavy atom. The molecular formula is C14H21N3O4S. The minimum absolute atomic E-state index is 0.0297. The van der Waals surface area contributed by atoms with E-state index in [4.69, 9.17) is 4.74 Å². The Morgan fingerprint density at radius 1 is 1.41 bits per heavy atom. The first-order valence-electron chi connectivity index (χ1n) is 7.25. The van der Waals surface area contributed by atoms with Gasteiger partial charge < -0.3 is 9.64 Å². The Bertz CT molecular complexity index is 607. The van der Waals surface area contributed by atoms with Gasteiger partial charge in [-0.15, -0.1) is 0 Å². The Hall–Kier alpha value is -1.83. The van der Waals surface area contributed by atoms with E-state index in [2.05, 4.69) is 9.71 Å². The van der Waals surface area contributed by atoms with Gasteiger partial charge in [0.05, 0.1) is 18.1 Å². The molecule has 0 spiro atoms. The summed E-state index contributed by atoms with van der Waals surface area (Å²) in [5.41, 5.74) is 0.401. The summed E-state index contributed by atoms with van der Waals surface area (Å²) in [5.74, 6) is 0.632. The fourth-order valence-electron chi connectivity index (χ4n) is 2.34. The van der Waals surface area contributed by atoms with E-state index in [-0.39, 0.29) is 12.0 Å². The molecule has 0 aliphatic carbocycles. The van der Waals surface area contributed by atoms with E-state index < -0.39 is 10.0 Å². The number of ether oxygens (including phenoxy) is 1. The summed E-state index contributed by atoms with van der Waals surface area (Å²) in [6.07, 6.45) is 4.62. The number of aromatic nitrogens is 1. The number of hydrogen-bond donors (Lipinski definition) is 1. The maximum absolute atomic E-state index is 11.6. The van der Waals surface area contributed by atoms with Crippen LogP contribution in [0, 0.1) is 0 Å². The molecule has 1 aliphatic heterocycles. The Morgan fingerprint density at radius 2 is 2.09 bits per heavy atom. The molecule has 0 unspecified atom stereocenters. The van der Waals surface area contributed by atoms with Crippen LogP contribution in [0.1, 0.15) is 26.2 Å². The van der Waals surface area contributed by atoms with Crippen molar-refractivity contribution in [2.24, 2.45) is 0 Å². The van der Waals surface area contributed by atoms with Gasteiger partial charge in [0.15, 0.2) is 0 Å². The third-order valence-electron chi connectivity index (χ3n) is 3.42. The lowest BCUT2D eigenvalue weighted by atomic mass is 10.1. The van der Waals surface area contributed by atoms with Gasteiger partial charge in [-0.3, -0.25) is 9.52 Å². The van der Waals surface area contributed by atoms with Crippen molar-refractivity contribution in [1.29, 1.82) is 0 Å². The van der Waals surface area contributed by atoms with Crippen LogP contribution in [0.25, 0.3) is 0 Å². The lowest BCUT2D eigenvalue weighted by molar-refractivity contribution is -0.132. The zero-order chi connectivity index (χ0) is 16.2. The SMILES string of the molecule is CCC(=O)N1CCC(Oc2ccc(NS(C)(=O)=O)cn2)CC1. The van der Waals surface area contributed by atoms with E-state index in [0.717, 1.165) is 19.1 Å². The predicted octanol–water partition coefficient (Wildman–Crippen LogP) is 1.23. The van der Waals surface area contributed by atoms with Gasteiger partial charge in [0.25, 0.3) is 0 Å². The molecule has 0 saturated carbocycles. The summed E-state index contributed by atoms with van der Waals surface area (Å²) in [6.45, 7) is 3.26. The zero-order valence-electron chi connectivity index (χ0n) is 12.8. The fourth-order valence-corrected chi connectivity index (χ4v) is 2.89. The first-order chi connectivity index (χ1) is 10.4. The van der Waals surface area contributed by atoms with E-state index >= 15 is 0 Å². The molecule has 0 aromatic carbocycles. The van der Waals surface area contributed by atoms with Crippen molar-refractivity contribution >= 4 is 21.6 Å². The van der Waals surface area contributed by atoms with Crippen LogP contribution >= 0.6 is 0 Å². The molecule has 1 aliphatic rings. The monoisotopic (exact) mass is 327 g/mol. The van der Waals surface area contributed by atoms with Crippen molar-refractivity contribution in [2.75, 3.05) is 24.1 Å². The number of carbonyl (C=O) groups excluding carboxylic acids is 1. The molecule has 1 N–H and O–H groups in total. The summed E-state index contributed by atoms with van der Waals surface area (Å²) in [5, 5.41) is 0. The second-order valence-electron chi connectivity index (χ2n) is 5.31. The van der Waals surface area contributed by atoms with Gasteiger partial charge in [-0.2, -0.15) is 0 Å². The summed E-state index contributed by atoms with van der Waals surface area (Å²) in [7, 11) is -3.30. The Kier molecular flexibility index (Phi) is 5.23. The molecule has 0 bridgehead atoms. The van der Waals surface area contributed by atoms with Crippen molar-refractivity contribution in [3.8, 4) is 5.88 Å². The van der Waals surface area contributed by atoms with Crippen LogP contribution in [0.15, 0.2) is 18.3 Å². The number of anilines is 1. The van der Waals surface area contributed by atoms with E-state index in [1.807, 2.05) is 11.8 Å². The van der Waals surface area contributed by atoms with Crippen LogP contribution in [0.4, 0.5) is 5.69 Å². The van der Waals surface area contributed by atoms with E-state index in [1.165, 1.54) is 6.20 Å². The first-order valence-corrected chi connectivity index (χ1v) is 9.15. The van der Waals surface area contributed by atoms with Gasteiger partial charge in [0, 0.05) is 38.4 Å². The average Bonchev–Trinajstić information content (AvgIpc) is 2.48. The smallest absolute Gasteiger partial charge is 0.229 e. The van der Waals surface area contributed by atoms with Crippen LogP contribution in [-0.2, 0) is 14.8 Å². The number of hydrogen-bond acceptors (Lipinski definition) is 5. The molecule has 122 valence electrons. The summed E-state index contributed by atoms with van der Waals surface area (Å²) in [6, 6.07) is 3.25. The molecular weight excluding hydrogens is 306 g/mol. The van der Waals surface area contributed by atoms with Crippen LogP contribution in [0.3, 0.4) is 0 Å². The van der Waals surface area contributed by atoms with E-state index in [9.17, 15) is 13.2 Å². The number of nitrogens with one attached hydrogen (secondary N) is 1. The topological polar surface area (TPSA) is 88.6 Å². The second kappa shape index (κ2) is 6.95. The number of amides is 1. The molecule has 0 radical (unpaired) electrons. The molecule has 1 saturated heterocycles. The minimum atomic E-state index is -3.30. The van der Waals surface area contributed by atoms with Crippen molar-refractivity contribution in [3.05, 3.63) is 18.3 Å². The molecule has 0 atom stereocenters. The highest BCUT2D eigenvalue weighted by molar-refractivity contribution is 7.92. The average molecular weight is 327 g/mol. The van der Waals surface area contributed by atoms with Crippen molar-refractivity contribution in [1.82, 2.24) is 9.88 Å². The lowest BCUT2D eigenvalue weighted by Crippen LogP contribution is -2.41. The normalized spacial score (nSPS) is 16.4. The number of carbonyl (C=O) groups is 1. The van der Waals surface area contributed by atoms with Crippen LogP contribution in [-0.4, -0.2) is 49.7 Å². The van der Waals surface area contributed by atoms with Crippen LogP contribution in [0.5, 0.6) is 5.88 Å². The molecule has 1 amide bonds. The largest absolute Gasteiger partial charge is 0.474 e. The Labute approximate surface area is 130 Å². The first kappa shape index (κ1) is 16.5. The maximum atomic E-state index is 11.6. The molecule has 1 fully saturated rings. The second-order valence-corrected chi connectivity index (χ2v) is 7.06. The molecule has 8 heteroatoms. The summed E-state index contributed by atoms with van der Waals surface area (Å²) in [4.78, 5) is 17.6. The highest BCUT2D eigenvalue weighted by atomic mass is 32.2. The fraction of sp³-hybridized carbons (Fsp3) is 0.571. The van der Waals surface area contributed by atoms with Crippen LogP contribution < -0.4 is 9.46 Å². The van der Waals surface area contributed by atoms with Crippen molar-refractivity contribution in [2.45, 2.75) is 32.3 Å². The van der Waals surface area contributed by atoms with Gasteiger partial charge in [0.1, 0.15) is 6.10 Å². The number of piperidine rings is 1. The molecule has 1 aromatic rings. The molecule has 1 aromatic heterocycles.